The summed E-state index contributed by atoms with van der Waals surface area (Å²) >= 11 is 6.14. The van der Waals surface area contributed by atoms with Crippen molar-refractivity contribution in [1.82, 2.24) is 10.2 Å². The molecule has 3 aromatic rings. The van der Waals surface area contributed by atoms with Crippen LogP contribution < -0.4 is 9.62 Å². The van der Waals surface area contributed by atoms with E-state index in [1.54, 1.807) is 43.3 Å². The standard InChI is InChI=1S/C31H37ClFN3O4S/c1-4-18-34-31(38)29(20-24-11-6-5-7-12-24)35(22-25-13-8-9-14-27(25)33)30(37)15-10-19-36(41(3,39)40)28-21-26(32)17-16-23(28)2/h5-9,11-14,16-17,21,29H,4,10,15,18-20,22H2,1-3H3,(H,34,38). The van der Waals surface area contributed by atoms with Gasteiger partial charge in [0.1, 0.15) is 11.9 Å². The van der Waals surface area contributed by atoms with Gasteiger partial charge in [0.2, 0.25) is 21.8 Å². The van der Waals surface area contributed by atoms with Crippen molar-refractivity contribution < 1.29 is 22.4 Å². The highest BCUT2D eigenvalue weighted by Crippen LogP contribution is 2.27. The first-order valence-electron chi connectivity index (χ1n) is 13.6. The molecule has 0 aliphatic heterocycles. The second-order valence-electron chi connectivity index (χ2n) is 9.98. The highest BCUT2D eigenvalue weighted by Gasteiger charge is 2.31. The van der Waals surface area contributed by atoms with Crippen molar-refractivity contribution >= 4 is 39.1 Å². The molecule has 0 saturated heterocycles. The molecule has 0 aliphatic carbocycles. The van der Waals surface area contributed by atoms with Crippen molar-refractivity contribution in [3.8, 4) is 0 Å². The van der Waals surface area contributed by atoms with E-state index in [4.69, 9.17) is 11.6 Å². The van der Waals surface area contributed by atoms with Gasteiger partial charge in [-0.3, -0.25) is 13.9 Å². The molecule has 0 aliphatic rings. The summed E-state index contributed by atoms with van der Waals surface area (Å²) < 4.78 is 41.3. The maximum atomic E-state index is 14.7. The molecule has 0 fully saturated rings. The summed E-state index contributed by atoms with van der Waals surface area (Å²) in [6, 6.07) is 19.6. The van der Waals surface area contributed by atoms with Crippen LogP contribution in [0.1, 0.15) is 42.9 Å². The predicted octanol–water partition coefficient (Wildman–Crippen LogP) is 5.50. The van der Waals surface area contributed by atoms with Gasteiger partial charge in [0, 0.05) is 43.1 Å². The number of sulfonamides is 1. The lowest BCUT2D eigenvalue weighted by molar-refractivity contribution is -0.141. The number of rotatable bonds is 14. The largest absolute Gasteiger partial charge is 0.354 e. The smallest absolute Gasteiger partial charge is 0.243 e. The quantitative estimate of drug-likeness (QED) is 0.264. The number of nitrogens with zero attached hydrogens (tertiary/aromatic N) is 2. The Kier molecular flexibility index (Phi) is 11.7. The Morgan fingerprint density at radius 3 is 2.37 bits per heavy atom. The van der Waals surface area contributed by atoms with Crippen LogP contribution in [0.15, 0.2) is 72.8 Å². The van der Waals surface area contributed by atoms with Crippen molar-refractivity contribution in [2.45, 2.75) is 52.1 Å². The molecule has 0 saturated carbocycles. The summed E-state index contributed by atoms with van der Waals surface area (Å²) in [7, 11) is -3.67. The zero-order valence-corrected chi connectivity index (χ0v) is 25.2. The minimum absolute atomic E-state index is 0.0324. The van der Waals surface area contributed by atoms with Gasteiger partial charge in [-0.2, -0.15) is 0 Å². The van der Waals surface area contributed by atoms with Gasteiger partial charge in [0.15, 0.2) is 0 Å². The minimum atomic E-state index is -3.67. The first-order chi connectivity index (χ1) is 19.5. The number of aryl methyl sites for hydroxylation is 1. The summed E-state index contributed by atoms with van der Waals surface area (Å²) in [5, 5.41) is 3.29. The van der Waals surface area contributed by atoms with Crippen LogP contribution in [-0.4, -0.2) is 50.5 Å². The highest BCUT2D eigenvalue weighted by atomic mass is 35.5. The predicted molar refractivity (Wildman–Crippen MR) is 162 cm³/mol. The summed E-state index contributed by atoms with van der Waals surface area (Å²) in [4.78, 5) is 28.6. The van der Waals surface area contributed by atoms with Gasteiger partial charge in [-0.05, 0) is 49.1 Å². The number of carbonyl (C=O) groups is 2. The van der Waals surface area contributed by atoms with Crippen molar-refractivity contribution in [3.05, 3.63) is 100 Å². The molecule has 0 radical (unpaired) electrons. The third-order valence-electron chi connectivity index (χ3n) is 6.71. The lowest BCUT2D eigenvalue weighted by atomic mass is 10.0. The molecule has 1 N–H and O–H groups in total. The molecule has 0 heterocycles. The van der Waals surface area contributed by atoms with Crippen LogP contribution >= 0.6 is 11.6 Å². The van der Waals surface area contributed by atoms with E-state index in [-0.39, 0.29) is 49.7 Å². The van der Waals surface area contributed by atoms with Gasteiger partial charge in [0.25, 0.3) is 0 Å². The van der Waals surface area contributed by atoms with E-state index in [2.05, 4.69) is 5.32 Å². The van der Waals surface area contributed by atoms with E-state index in [0.29, 0.717) is 17.3 Å². The maximum absolute atomic E-state index is 14.7. The molecule has 10 heteroatoms. The van der Waals surface area contributed by atoms with Crippen LogP contribution in [0.2, 0.25) is 5.02 Å². The number of carbonyl (C=O) groups excluding carboxylic acids is 2. The first-order valence-corrected chi connectivity index (χ1v) is 15.8. The first kappa shape index (κ1) is 32.1. The number of anilines is 1. The van der Waals surface area contributed by atoms with Gasteiger partial charge in [0.05, 0.1) is 11.9 Å². The van der Waals surface area contributed by atoms with E-state index < -0.39 is 21.9 Å². The number of hydrogen-bond donors (Lipinski definition) is 1. The van der Waals surface area contributed by atoms with E-state index in [1.165, 1.54) is 15.3 Å². The van der Waals surface area contributed by atoms with E-state index in [0.717, 1.165) is 23.8 Å². The van der Waals surface area contributed by atoms with E-state index >= 15 is 0 Å². The second kappa shape index (κ2) is 15.0. The van der Waals surface area contributed by atoms with Crippen molar-refractivity contribution in [1.29, 1.82) is 0 Å². The zero-order chi connectivity index (χ0) is 30.0. The normalized spacial score (nSPS) is 12.0. The van der Waals surface area contributed by atoms with Crippen LogP contribution in [0, 0.1) is 12.7 Å². The Morgan fingerprint density at radius 2 is 1.71 bits per heavy atom. The summed E-state index contributed by atoms with van der Waals surface area (Å²) in [5.41, 5.74) is 2.31. The molecule has 7 nitrogen and oxygen atoms in total. The Bertz CT molecular complexity index is 1440. The Morgan fingerprint density at radius 1 is 1.02 bits per heavy atom. The topological polar surface area (TPSA) is 86.8 Å². The van der Waals surface area contributed by atoms with Gasteiger partial charge >= 0.3 is 0 Å². The lowest BCUT2D eigenvalue weighted by Crippen LogP contribution is -2.50. The molecule has 3 aromatic carbocycles. The molecular weight excluding hydrogens is 565 g/mol. The van der Waals surface area contributed by atoms with Crippen molar-refractivity contribution in [2.24, 2.45) is 0 Å². The van der Waals surface area contributed by atoms with Crippen molar-refractivity contribution in [3.63, 3.8) is 0 Å². The van der Waals surface area contributed by atoms with Crippen molar-refractivity contribution in [2.75, 3.05) is 23.7 Å². The monoisotopic (exact) mass is 601 g/mol. The van der Waals surface area contributed by atoms with Crippen LogP contribution in [-0.2, 0) is 32.6 Å². The fourth-order valence-corrected chi connectivity index (χ4v) is 5.74. The molecule has 1 unspecified atom stereocenters. The number of halogens is 2. The summed E-state index contributed by atoms with van der Waals surface area (Å²) in [6.45, 7) is 4.09. The molecule has 2 amide bonds. The Hall–Kier alpha value is -3.43. The SMILES string of the molecule is CCCNC(=O)C(Cc1ccccc1)N(Cc1ccccc1F)C(=O)CCCN(c1cc(Cl)ccc1C)S(C)(=O)=O. The van der Waals surface area contributed by atoms with E-state index in [9.17, 15) is 22.4 Å². The van der Waals surface area contributed by atoms with Gasteiger partial charge in [-0.15, -0.1) is 0 Å². The molecule has 220 valence electrons. The average Bonchev–Trinajstić information content (AvgIpc) is 2.94. The molecule has 1 atom stereocenters. The lowest BCUT2D eigenvalue weighted by Gasteiger charge is -2.32. The summed E-state index contributed by atoms with van der Waals surface area (Å²) in [6.07, 6.45) is 2.20. The Labute approximate surface area is 247 Å². The van der Waals surface area contributed by atoms with Gasteiger partial charge in [-0.1, -0.05) is 73.1 Å². The van der Waals surface area contributed by atoms with Crippen LogP contribution in [0.4, 0.5) is 10.1 Å². The number of nitrogens with one attached hydrogen (secondary N) is 1. The maximum Gasteiger partial charge on any atom is 0.243 e. The minimum Gasteiger partial charge on any atom is -0.354 e. The molecule has 3 rings (SSSR count). The van der Waals surface area contributed by atoms with Crippen LogP contribution in [0.5, 0.6) is 0 Å². The Balaban J connectivity index is 1.90. The fourth-order valence-electron chi connectivity index (χ4n) is 4.56. The number of benzene rings is 3. The number of amides is 2. The molecular formula is C31H37ClFN3O4S. The number of hydrogen-bond acceptors (Lipinski definition) is 4. The molecule has 41 heavy (non-hydrogen) atoms. The fraction of sp³-hybridized carbons (Fsp3) is 0.355. The summed E-state index contributed by atoms with van der Waals surface area (Å²) in [5.74, 6) is -1.18. The second-order valence-corrected chi connectivity index (χ2v) is 12.3. The zero-order valence-electron chi connectivity index (χ0n) is 23.6. The van der Waals surface area contributed by atoms with Crippen LogP contribution in [0.25, 0.3) is 0 Å². The molecule has 0 aromatic heterocycles. The molecule has 0 bridgehead atoms. The average molecular weight is 602 g/mol. The van der Waals surface area contributed by atoms with E-state index in [1.807, 2.05) is 37.3 Å². The van der Waals surface area contributed by atoms with Gasteiger partial charge < -0.3 is 10.2 Å². The third kappa shape index (κ3) is 9.30. The highest BCUT2D eigenvalue weighted by molar-refractivity contribution is 7.92. The van der Waals surface area contributed by atoms with Gasteiger partial charge in [-0.25, -0.2) is 12.8 Å². The third-order valence-corrected chi connectivity index (χ3v) is 8.13. The molecule has 0 spiro atoms. The van der Waals surface area contributed by atoms with Crippen LogP contribution in [0.3, 0.4) is 0 Å².